The van der Waals surface area contributed by atoms with E-state index in [-0.39, 0.29) is 23.2 Å². The van der Waals surface area contributed by atoms with Crippen LogP contribution in [-0.4, -0.2) is 50.9 Å². The monoisotopic (exact) mass is 639 g/mol. The van der Waals surface area contributed by atoms with E-state index in [1.54, 1.807) is 25.1 Å². The summed E-state index contributed by atoms with van der Waals surface area (Å²) in [7, 11) is -2.77. The van der Waals surface area contributed by atoms with Gasteiger partial charge in [0.2, 0.25) is 11.8 Å². The summed E-state index contributed by atoms with van der Waals surface area (Å²) in [5.41, 5.74) is 0.648. The van der Waals surface area contributed by atoms with Gasteiger partial charge in [0.1, 0.15) is 18.3 Å². The first-order valence-electron chi connectivity index (χ1n) is 12.8. The van der Waals surface area contributed by atoms with Crippen LogP contribution in [0.1, 0.15) is 32.8 Å². The summed E-state index contributed by atoms with van der Waals surface area (Å²) in [5, 5.41) is 3.90. The standard InChI is InChI=1S/C29H32Cl3N3O5S/c1-5-19(2)33-29(37)20(3)34(17-25-26(31)7-6-8-27(25)32)28(36)18-35(22-11-9-21(30)10-12-22)41(38,39)24-15-13-23(40-4)14-16-24/h6-16,19-20H,5,17-18H2,1-4H3,(H,33,37)/t19-,20+/m0/s1. The van der Waals surface area contributed by atoms with Crippen LogP contribution in [0, 0.1) is 0 Å². The van der Waals surface area contributed by atoms with Crippen LogP contribution in [0.25, 0.3) is 0 Å². The van der Waals surface area contributed by atoms with E-state index in [1.165, 1.54) is 60.5 Å². The minimum atomic E-state index is -4.24. The highest BCUT2D eigenvalue weighted by molar-refractivity contribution is 7.92. The average molecular weight is 641 g/mol. The smallest absolute Gasteiger partial charge is 0.264 e. The topological polar surface area (TPSA) is 96.0 Å². The molecule has 0 heterocycles. The SMILES string of the molecule is CC[C@H](C)NC(=O)[C@@H](C)N(Cc1c(Cl)cccc1Cl)C(=O)CN(c1ccc(Cl)cc1)S(=O)(=O)c1ccc(OC)cc1. The van der Waals surface area contributed by atoms with E-state index in [9.17, 15) is 18.0 Å². The summed E-state index contributed by atoms with van der Waals surface area (Å²) in [6, 6.07) is 15.7. The van der Waals surface area contributed by atoms with Crippen molar-refractivity contribution < 1.29 is 22.7 Å². The van der Waals surface area contributed by atoms with E-state index < -0.39 is 34.4 Å². The Morgan fingerprint density at radius 1 is 0.927 bits per heavy atom. The Morgan fingerprint density at radius 3 is 2.05 bits per heavy atom. The molecule has 3 aromatic rings. The Labute approximate surface area is 256 Å². The van der Waals surface area contributed by atoms with E-state index in [1.807, 2.05) is 13.8 Å². The molecule has 0 radical (unpaired) electrons. The molecule has 0 fully saturated rings. The van der Waals surface area contributed by atoms with E-state index in [4.69, 9.17) is 39.5 Å². The number of rotatable bonds is 12. The van der Waals surface area contributed by atoms with Crippen molar-refractivity contribution >= 4 is 62.3 Å². The van der Waals surface area contributed by atoms with Crippen molar-refractivity contribution in [2.24, 2.45) is 0 Å². The van der Waals surface area contributed by atoms with Crippen LogP contribution in [0.5, 0.6) is 5.75 Å². The summed E-state index contributed by atoms with van der Waals surface area (Å²) in [5.74, 6) is -0.561. The van der Waals surface area contributed by atoms with Gasteiger partial charge in [0.15, 0.2) is 0 Å². The number of nitrogens with one attached hydrogen (secondary N) is 1. The van der Waals surface area contributed by atoms with Gasteiger partial charge in [-0.2, -0.15) is 0 Å². The largest absolute Gasteiger partial charge is 0.497 e. The second-order valence-corrected chi connectivity index (χ2v) is 12.5. The van der Waals surface area contributed by atoms with Gasteiger partial charge in [0.25, 0.3) is 10.0 Å². The fraction of sp³-hybridized carbons (Fsp3) is 0.310. The molecule has 3 aromatic carbocycles. The molecule has 41 heavy (non-hydrogen) atoms. The number of nitrogens with zero attached hydrogens (tertiary/aromatic N) is 2. The van der Waals surface area contributed by atoms with Crippen molar-refractivity contribution in [3.63, 3.8) is 0 Å². The average Bonchev–Trinajstić information content (AvgIpc) is 2.95. The first-order valence-corrected chi connectivity index (χ1v) is 15.4. The molecule has 2 amide bonds. The molecule has 8 nitrogen and oxygen atoms in total. The van der Waals surface area contributed by atoms with Gasteiger partial charge < -0.3 is 15.0 Å². The molecule has 0 aliphatic rings. The van der Waals surface area contributed by atoms with Crippen LogP contribution in [0.15, 0.2) is 71.6 Å². The van der Waals surface area contributed by atoms with Crippen LogP contribution < -0.4 is 14.4 Å². The normalized spacial score (nSPS) is 12.8. The fourth-order valence-corrected chi connectivity index (χ4v) is 5.97. The number of ether oxygens (including phenoxy) is 1. The lowest BCUT2D eigenvalue weighted by molar-refractivity contribution is -0.139. The van der Waals surface area contributed by atoms with Gasteiger partial charge in [-0.05, 0) is 80.9 Å². The lowest BCUT2D eigenvalue weighted by Gasteiger charge is -2.32. The number of amides is 2. The van der Waals surface area contributed by atoms with Crippen molar-refractivity contribution in [1.82, 2.24) is 10.2 Å². The molecule has 220 valence electrons. The Bertz CT molecular complexity index is 1450. The Morgan fingerprint density at radius 2 is 1.51 bits per heavy atom. The minimum Gasteiger partial charge on any atom is -0.497 e. The predicted octanol–water partition coefficient (Wildman–Crippen LogP) is 6.18. The summed E-state index contributed by atoms with van der Waals surface area (Å²) in [6.45, 7) is 4.62. The molecule has 0 unspecified atom stereocenters. The van der Waals surface area contributed by atoms with Gasteiger partial charge in [0.05, 0.1) is 17.7 Å². The van der Waals surface area contributed by atoms with E-state index in [0.717, 1.165) is 4.31 Å². The lowest BCUT2D eigenvalue weighted by Crippen LogP contribution is -2.52. The number of carbonyl (C=O) groups excluding carboxylic acids is 2. The third kappa shape index (κ3) is 8.07. The highest BCUT2D eigenvalue weighted by Gasteiger charge is 2.33. The third-order valence-electron chi connectivity index (χ3n) is 6.60. The van der Waals surface area contributed by atoms with E-state index in [0.29, 0.717) is 32.8 Å². The molecule has 0 aliphatic carbocycles. The van der Waals surface area contributed by atoms with Gasteiger partial charge in [-0.25, -0.2) is 8.42 Å². The van der Waals surface area contributed by atoms with Crippen LogP contribution in [-0.2, 0) is 26.2 Å². The molecule has 2 atom stereocenters. The Balaban J connectivity index is 2.06. The van der Waals surface area contributed by atoms with E-state index >= 15 is 0 Å². The summed E-state index contributed by atoms with van der Waals surface area (Å²) < 4.78 is 33.9. The molecule has 12 heteroatoms. The van der Waals surface area contributed by atoms with Crippen molar-refractivity contribution in [3.8, 4) is 5.75 Å². The molecule has 0 saturated carbocycles. The van der Waals surface area contributed by atoms with E-state index in [2.05, 4.69) is 5.32 Å². The first-order chi connectivity index (χ1) is 19.4. The predicted molar refractivity (Wildman–Crippen MR) is 163 cm³/mol. The number of methoxy groups -OCH3 is 1. The van der Waals surface area contributed by atoms with Crippen LogP contribution in [0.4, 0.5) is 5.69 Å². The Kier molecular flexibility index (Phi) is 11.3. The fourth-order valence-electron chi connectivity index (χ4n) is 3.91. The zero-order valence-corrected chi connectivity index (χ0v) is 26.2. The second kappa shape index (κ2) is 14.3. The number of halogens is 3. The zero-order chi connectivity index (χ0) is 30.3. The van der Waals surface area contributed by atoms with Crippen LogP contribution in [0.2, 0.25) is 15.1 Å². The zero-order valence-electron chi connectivity index (χ0n) is 23.1. The number of hydrogen-bond donors (Lipinski definition) is 1. The lowest BCUT2D eigenvalue weighted by atomic mass is 10.1. The number of benzene rings is 3. The van der Waals surface area contributed by atoms with Crippen LogP contribution >= 0.6 is 34.8 Å². The van der Waals surface area contributed by atoms with Gasteiger partial charge in [-0.1, -0.05) is 47.8 Å². The summed E-state index contributed by atoms with van der Waals surface area (Å²) in [6.07, 6.45) is 0.688. The van der Waals surface area contributed by atoms with Crippen molar-refractivity contribution in [2.75, 3.05) is 18.0 Å². The summed E-state index contributed by atoms with van der Waals surface area (Å²) in [4.78, 5) is 28.4. The van der Waals surface area contributed by atoms with Gasteiger partial charge in [-0.15, -0.1) is 0 Å². The maximum atomic E-state index is 14.0. The second-order valence-electron chi connectivity index (χ2n) is 9.38. The first kappa shape index (κ1) is 32.5. The molecule has 0 aliphatic heterocycles. The number of carbonyl (C=O) groups is 2. The van der Waals surface area contributed by atoms with Crippen molar-refractivity contribution in [1.29, 1.82) is 0 Å². The molecule has 0 bridgehead atoms. The van der Waals surface area contributed by atoms with Gasteiger partial charge >= 0.3 is 0 Å². The molecule has 3 rings (SSSR count). The number of anilines is 1. The maximum Gasteiger partial charge on any atom is 0.264 e. The minimum absolute atomic E-state index is 0.0516. The van der Waals surface area contributed by atoms with Crippen LogP contribution in [0.3, 0.4) is 0 Å². The maximum absolute atomic E-state index is 14.0. The molecule has 0 spiro atoms. The molecular weight excluding hydrogens is 609 g/mol. The van der Waals surface area contributed by atoms with Gasteiger partial charge in [0, 0.05) is 33.2 Å². The van der Waals surface area contributed by atoms with Crippen molar-refractivity contribution in [2.45, 2.75) is 50.7 Å². The number of hydrogen-bond acceptors (Lipinski definition) is 5. The Hall–Kier alpha value is -2.98. The van der Waals surface area contributed by atoms with Gasteiger partial charge in [-0.3, -0.25) is 13.9 Å². The number of sulfonamides is 1. The molecule has 0 aromatic heterocycles. The molecule has 1 N–H and O–H groups in total. The summed E-state index contributed by atoms with van der Waals surface area (Å²) >= 11 is 18.9. The third-order valence-corrected chi connectivity index (χ3v) is 9.35. The molecule has 0 saturated heterocycles. The highest BCUT2D eigenvalue weighted by atomic mass is 35.5. The quantitative estimate of drug-likeness (QED) is 0.255. The van der Waals surface area contributed by atoms with Crippen molar-refractivity contribution in [3.05, 3.63) is 87.4 Å². The molecular formula is C29H32Cl3N3O5S. The highest BCUT2D eigenvalue weighted by Crippen LogP contribution is 2.29.